The number of esters is 1. The van der Waals surface area contributed by atoms with Crippen molar-refractivity contribution >= 4 is 11.8 Å². The number of rotatable bonds is 7. The van der Waals surface area contributed by atoms with Gasteiger partial charge in [0.25, 0.3) is 0 Å². The van der Waals surface area contributed by atoms with Crippen LogP contribution < -0.4 is 0 Å². The molecule has 1 rings (SSSR count). The van der Waals surface area contributed by atoms with E-state index in [4.69, 9.17) is 0 Å². The van der Waals surface area contributed by atoms with Gasteiger partial charge in [0.2, 0.25) is 0 Å². The molecule has 2 atom stereocenters. The topological polar surface area (TPSA) is 63.6 Å². The lowest BCUT2D eigenvalue weighted by molar-refractivity contribution is -0.140. The van der Waals surface area contributed by atoms with Crippen LogP contribution in [0.15, 0.2) is 0 Å². The van der Waals surface area contributed by atoms with E-state index in [1.807, 2.05) is 0 Å². The Hall–Kier alpha value is -0.900. The van der Waals surface area contributed by atoms with Crippen LogP contribution in [-0.4, -0.2) is 30.1 Å². The molecule has 0 aliphatic heterocycles. The lowest BCUT2D eigenvalue weighted by Gasteiger charge is -2.07. The molecule has 1 N–H and O–H groups in total. The number of methoxy groups -OCH3 is 1. The maximum absolute atomic E-state index is 11.4. The first kappa shape index (κ1) is 14.2. The summed E-state index contributed by atoms with van der Waals surface area (Å²) in [5, 5.41) is 9.33. The third-order valence-electron chi connectivity index (χ3n) is 3.36. The summed E-state index contributed by atoms with van der Waals surface area (Å²) in [6.07, 6.45) is 5.83. The van der Waals surface area contributed by atoms with Gasteiger partial charge in [-0.25, -0.2) is 0 Å². The largest absolute Gasteiger partial charge is 0.469 e. The zero-order chi connectivity index (χ0) is 12.7. The number of unbranched alkanes of at least 4 members (excludes halogenated alkanes) is 3. The Labute approximate surface area is 102 Å². The molecule has 0 aromatic heterocycles. The molecule has 0 spiro atoms. The highest BCUT2D eigenvalue weighted by molar-refractivity contribution is 5.83. The van der Waals surface area contributed by atoms with Crippen molar-refractivity contribution in [3.05, 3.63) is 0 Å². The molecule has 0 heterocycles. The molecule has 98 valence electrons. The predicted octanol–water partition coefficient (Wildman–Crippen LogP) is 1.84. The lowest BCUT2D eigenvalue weighted by atomic mass is 9.98. The van der Waals surface area contributed by atoms with Crippen LogP contribution in [0.1, 0.15) is 51.4 Å². The van der Waals surface area contributed by atoms with Crippen LogP contribution in [0.5, 0.6) is 0 Å². The lowest BCUT2D eigenvalue weighted by Crippen LogP contribution is -2.05. The zero-order valence-corrected chi connectivity index (χ0v) is 10.5. The highest BCUT2D eigenvalue weighted by Crippen LogP contribution is 2.26. The number of ether oxygens (including phenoxy) is 1. The van der Waals surface area contributed by atoms with E-state index in [-0.39, 0.29) is 17.7 Å². The van der Waals surface area contributed by atoms with Gasteiger partial charge in [0.15, 0.2) is 0 Å². The van der Waals surface area contributed by atoms with Crippen LogP contribution in [0.25, 0.3) is 0 Å². The molecule has 1 aliphatic carbocycles. The van der Waals surface area contributed by atoms with Crippen molar-refractivity contribution < 1.29 is 19.4 Å². The van der Waals surface area contributed by atoms with Gasteiger partial charge in [0.05, 0.1) is 13.2 Å². The fourth-order valence-corrected chi connectivity index (χ4v) is 2.34. The number of aliphatic hydroxyl groups excluding tert-OH is 1. The van der Waals surface area contributed by atoms with E-state index in [9.17, 15) is 14.7 Å². The van der Waals surface area contributed by atoms with Gasteiger partial charge in [-0.2, -0.15) is 0 Å². The number of ketones is 1. The molecule has 0 saturated heterocycles. The Morgan fingerprint density at radius 3 is 2.65 bits per heavy atom. The Kier molecular flexibility index (Phi) is 6.19. The normalized spacial score (nSPS) is 24.0. The highest BCUT2D eigenvalue weighted by atomic mass is 16.5. The predicted molar refractivity (Wildman–Crippen MR) is 63.5 cm³/mol. The van der Waals surface area contributed by atoms with Crippen molar-refractivity contribution in [2.24, 2.45) is 5.92 Å². The van der Waals surface area contributed by atoms with Gasteiger partial charge in [-0.3, -0.25) is 9.59 Å². The van der Waals surface area contributed by atoms with E-state index in [0.717, 1.165) is 32.1 Å². The number of carbonyl (C=O) groups excluding carboxylic acids is 2. The molecule has 2 unspecified atom stereocenters. The molecular formula is C13H22O4. The Morgan fingerprint density at radius 1 is 1.35 bits per heavy atom. The molecule has 0 aromatic rings. The molecule has 4 nitrogen and oxygen atoms in total. The molecular weight excluding hydrogens is 220 g/mol. The Bertz CT molecular complexity index is 262. The second kappa shape index (κ2) is 7.43. The maximum atomic E-state index is 11.4. The van der Waals surface area contributed by atoms with Gasteiger partial charge in [0.1, 0.15) is 5.78 Å². The quantitative estimate of drug-likeness (QED) is 0.546. The standard InChI is InChI=1S/C13H22O4/c1-17-13(16)7-5-3-2-4-6-10-8-11(14)9-12(10)15/h10-11,14H,2-9H2,1H3. The van der Waals surface area contributed by atoms with Gasteiger partial charge in [-0.1, -0.05) is 19.3 Å². The minimum atomic E-state index is -0.410. The molecule has 1 fully saturated rings. The summed E-state index contributed by atoms with van der Waals surface area (Å²) in [5.41, 5.74) is 0. The molecule has 1 saturated carbocycles. The van der Waals surface area contributed by atoms with E-state index in [1.165, 1.54) is 7.11 Å². The summed E-state index contributed by atoms with van der Waals surface area (Å²) in [5.74, 6) is 0.136. The molecule has 0 bridgehead atoms. The number of hydrogen-bond donors (Lipinski definition) is 1. The molecule has 0 radical (unpaired) electrons. The van der Waals surface area contributed by atoms with Gasteiger partial charge in [0, 0.05) is 18.8 Å². The molecule has 4 heteroatoms. The SMILES string of the molecule is COC(=O)CCCCCCC1CC(O)CC1=O. The third-order valence-corrected chi connectivity index (χ3v) is 3.36. The number of carbonyl (C=O) groups is 2. The second-order valence-electron chi connectivity index (χ2n) is 4.79. The van der Waals surface area contributed by atoms with Gasteiger partial charge >= 0.3 is 5.97 Å². The minimum Gasteiger partial charge on any atom is -0.469 e. The summed E-state index contributed by atoms with van der Waals surface area (Å²) < 4.78 is 4.55. The number of hydrogen-bond acceptors (Lipinski definition) is 4. The third kappa shape index (κ3) is 5.31. The summed E-state index contributed by atoms with van der Waals surface area (Å²) in [4.78, 5) is 22.2. The fourth-order valence-electron chi connectivity index (χ4n) is 2.34. The smallest absolute Gasteiger partial charge is 0.305 e. The average molecular weight is 242 g/mol. The van der Waals surface area contributed by atoms with Crippen LogP contribution in [0, 0.1) is 5.92 Å². The summed E-state index contributed by atoms with van der Waals surface area (Å²) in [6, 6.07) is 0. The summed E-state index contributed by atoms with van der Waals surface area (Å²) in [7, 11) is 1.40. The number of aliphatic hydroxyl groups is 1. The van der Waals surface area contributed by atoms with Crippen molar-refractivity contribution in [2.75, 3.05) is 7.11 Å². The first-order chi connectivity index (χ1) is 8.13. The van der Waals surface area contributed by atoms with Crippen LogP contribution in [0.4, 0.5) is 0 Å². The minimum absolute atomic E-state index is 0.0746. The Balaban J connectivity index is 1.97. The Morgan fingerprint density at radius 2 is 2.06 bits per heavy atom. The van der Waals surface area contributed by atoms with Crippen LogP contribution in [0.3, 0.4) is 0 Å². The highest BCUT2D eigenvalue weighted by Gasteiger charge is 2.30. The van der Waals surface area contributed by atoms with Crippen molar-refractivity contribution in [2.45, 2.75) is 57.5 Å². The van der Waals surface area contributed by atoms with Crippen molar-refractivity contribution in [3.63, 3.8) is 0 Å². The summed E-state index contributed by atoms with van der Waals surface area (Å²) >= 11 is 0. The average Bonchev–Trinajstić information content (AvgIpc) is 2.62. The van der Waals surface area contributed by atoms with Crippen molar-refractivity contribution in [1.82, 2.24) is 0 Å². The molecule has 0 amide bonds. The van der Waals surface area contributed by atoms with E-state index in [1.54, 1.807) is 0 Å². The van der Waals surface area contributed by atoms with E-state index >= 15 is 0 Å². The van der Waals surface area contributed by atoms with E-state index in [2.05, 4.69) is 4.74 Å². The van der Waals surface area contributed by atoms with Crippen LogP contribution in [0.2, 0.25) is 0 Å². The van der Waals surface area contributed by atoms with E-state index < -0.39 is 6.10 Å². The first-order valence-electron chi connectivity index (χ1n) is 6.41. The number of Topliss-reactive ketones (excluding diaryl/α,β-unsaturated/α-hetero) is 1. The van der Waals surface area contributed by atoms with Crippen molar-refractivity contribution in [3.8, 4) is 0 Å². The van der Waals surface area contributed by atoms with E-state index in [0.29, 0.717) is 19.3 Å². The van der Waals surface area contributed by atoms with Gasteiger partial charge in [-0.15, -0.1) is 0 Å². The van der Waals surface area contributed by atoms with Gasteiger partial charge < -0.3 is 9.84 Å². The van der Waals surface area contributed by atoms with Crippen LogP contribution >= 0.6 is 0 Å². The van der Waals surface area contributed by atoms with Crippen LogP contribution in [-0.2, 0) is 14.3 Å². The monoisotopic (exact) mass is 242 g/mol. The second-order valence-corrected chi connectivity index (χ2v) is 4.79. The summed E-state index contributed by atoms with van der Waals surface area (Å²) in [6.45, 7) is 0. The molecule has 17 heavy (non-hydrogen) atoms. The first-order valence-corrected chi connectivity index (χ1v) is 6.41. The molecule has 0 aromatic carbocycles. The molecule has 1 aliphatic rings. The van der Waals surface area contributed by atoms with Crippen molar-refractivity contribution in [1.29, 1.82) is 0 Å². The maximum Gasteiger partial charge on any atom is 0.305 e. The van der Waals surface area contributed by atoms with Gasteiger partial charge in [-0.05, 0) is 19.3 Å². The zero-order valence-electron chi connectivity index (χ0n) is 10.5. The fraction of sp³-hybridized carbons (Fsp3) is 0.846.